The minimum Gasteiger partial charge on any atom is -0.477 e. The van der Waals surface area contributed by atoms with E-state index in [1.54, 1.807) is 17.0 Å². The first-order valence-corrected chi connectivity index (χ1v) is 7.13. The molecule has 0 aliphatic carbocycles. The molecule has 6 nitrogen and oxygen atoms in total. The van der Waals surface area contributed by atoms with Gasteiger partial charge < -0.3 is 9.64 Å². The Morgan fingerprint density at radius 2 is 2.10 bits per heavy atom. The van der Waals surface area contributed by atoms with E-state index in [1.807, 2.05) is 6.92 Å². The van der Waals surface area contributed by atoms with Crippen molar-refractivity contribution >= 4 is 11.6 Å². The van der Waals surface area contributed by atoms with E-state index >= 15 is 0 Å². The summed E-state index contributed by atoms with van der Waals surface area (Å²) in [6.07, 6.45) is 1.99. The fourth-order valence-corrected chi connectivity index (χ4v) is 2.38. The maximum Gasteiger partial charge on any atom is 0.310 e. The molecule has 1 aliphatic heterocycles. The number of carbonyl (C=O) groups is 1. The minimum atomic E-state index is -0.498. The first-order valence-electron chi connectivity index (χ1n) is 7.13. The molecule has 1 fully saturated rings. The molecule has 21 heavy (non-hydrogen) atoms. The first kappa shape index (κ1) is 15.3. The normalized spacial score (nSPS) is 15.8. The van der Waals surface area contributed by atoms with E-state index in [0.29, 0.717) is 5.92 Å². The third-order valence-corrected chi connectivity index (χ3v) is 3.80. The second-order valence-electron chi connectivity index (χ2n) is 5.58. The van der Waals surface area contributed by atoms with E-state index in [-0.39, 0.29) is 24.0 Å². The van der Waals surface area contributed by atoms with Crippen molar-refractivity contribution in [2.24, 2.45) is 5.92 Å². The van der Waals surface area contributed by atoms with Crippen LogP contribution in [0.3, 0.4) is 0 Å². The molecule has 0 saturated carbocycles. The Labute approximate surface area is 123 Å². The zero-order chi connectivity index (χ0) is 15.4. The number of rotatable bonds is 4. The Morgan fingerprint density at radius 1 is 1.43 bits per heavy atom. The number of aryl methyl sites for hydroxylation is 1. The number of piperidine rings is 1. The lowest BCUT2D eigenvalue weighted by atomic mass is 9.99. The van der Waals surface area contributed by atoms with E-state index in [0.717, 1.165) is 31.5 Å². The number of hydrogen-bond donors (Lipinski definition) is 0. The van der Waals surface area contributed by atoms with Gasteiger partial charge in [-0.3, -0.25) is 14.9 Å². The Hall–Kier alpha value is -2.11. The third-order valence-electron chi connectivity index (χ3n) is 3.80. The zero-order valence-electron chi connectivity index (χ0n) is 12.4. The largest absolute Gasteiger partial charge is 0.477 e. The van der Waals surface area contributed by atoms with Crippen molar-refractivity contribution in [3.8, 4) is 5.75 Å². The van der Waals surface area contributed by atoms with E-state index in [4.69, 9.17) is 4.74 Å². The van der Waals surface area contributed by atoms with Crippen LogP contribution >= 0.6 is 0 Å². The lowest BCUT2D eigenvalue weighted by Crippen LogP contribution is -2.40. The molecule has 0 unspecified atom stereocenters. The number of nitro benzene ring substituents is 1. The summed E-state index contributed by atoms with van der Waals surface area (Å²) in [5.41, 5.74) is 0.746. The van der Waals surface area contributed by atoms with Crippen molar-refractivity contribution in [2.75, 3.05) is 19.7 Å². The predicted octanol–water partition coefficient (Wildman–Crippen LogP) is 2.54. The number of benzene rings is 1. The van der Waals surface area contributed by atoms with Crippen LogP contribution in [0, 0.1) is 23.0 Å². The third kappa shape index (κ3) is 3.93. The molecular weight excluding hydrogens is 272 g/mol. The highest BCUT2D eigenvalue weighted by atomic mass is 16.6. The predicted molar refractivity (Wildman–Crippen MR) is 78.3 cm³/mol. The second-order valence-corrected chi connectivity index (χ2v) is 5.58. The van der Waals surface area contributed by atoms with Crippen LogP contribution in [0.1, 0.15) is 25.3 Å². The summed E-state index contributed by atoms with van der Waals surface area (Å²) in [5.74, 6) is 0.685. The molecule has 114 valence electrons. The average molecular weight is 292 g/mol. The van der Waals surface area contributed by atoms with Crippen LogP contribution in [0.4, 0.5) is 5.69 Å². The van der Waals surface area contributed by atoms with Crippen molar-refractivity contribution in [1.82, 2.24) is 4.90 Å². The van der Waals surface area contributed by atoms with Crippen LogP contribution in [0.15, 0.2) is 18.2 Å². The van der Waals surface area contributed by atoms with Gasteiger partial charge in [0.25, 0.3) is 5.91 Å². The molecule has 1 amide bonds. The molecule has 1 aliphatic rings. The van der Waals surface area contributed by atoms with Gasteiger partial charge in [0.2, 0.25) is 0 Å². The van der Waals surface area contributed by atoms with Gasteiger partial charge in [-0.15, -0.1) is 0 Å². The lowest BCUT2D eigenvalue weighted by molar-refractivity contribution is -0.385. The number of likely N-dealkylation sites (tertiary alicyclic amines) is 1. The Bertz CT molecular complexity index is 536. The molecule has 2 rings (SSSR count). The van der Waals surface area contributed by atoms with Crippen LogP contribution in [-0.4, -0.2) is 35.4 Å². The molecule has 0 spiro atoms. The second kappa shape index (κ2) is 6.56. The number of nitro groups is 1. The molecule has 6 heteroatoms. The summed E-state index contributed by atoms with van der Waals surface area (Å²) >= 11 is 0. The molecule has 0 atom stereocenters. The highest BCUT2D eigenvalue weighted by molar-refractivity contribution is 5.78. The number of ether oxygens (including phenoxy) is 1. The Balaban J connectivity index is 1.98. The fraction of sp³-hybridized carbons (Fsp3) is 0.533. The van der Waals surface area contributed by atoms with Crippen molar-refractivity contribution in [1.29, 1.82) is 0 Å². The smallest absolute Gasteiger partial charge is 0.310 e. The summed E-state index contributed by atoms with van der Waals surface area (Å²) in [4.78, 5) is 24.3. The molecule has 0 aromatic heterocycles. The molecular formula is C15H20N2O4. The topological polar surface area (TPSA) is 72.7 Å². The van der Waals surface area contributed by atoms with E-state index in [9.17, 15) is 14.9 Å². The van der Waals surface area contributed by atoms with Gasteiger partial charge in [0.1, 0.15) is 0 Å². The number of hydrogen-bond acceptors (Lipinski definition) is 4. The van der Waals surface area contributed by atoms with Gasteiger partial charge >= 0.3 is 5.69 Å². The van der Waals surface area contributed by atoms with Crippen LogP contribution in [0.2, 0.25) is 0 Å². The minimum absolute atomic E-state index is 0.110. The van der Waals surface area contributed by atoms with Gasteiger partial charge in [-0.1, -0.05) is 13.0 Å². The van der Waals surface area contributed by atoms with E-state index < -0.39 is 4.92 Å². The van der Waals surface area contributed by atoms with Crippen molar-refractivity contribution in [2.45, 2.75) is 26.7 Å². The van der Waals surface area contributed by atoms with Crippen LogP contribution in [0.25, 0.3) is 0 Å². The van der Waals surface area contributed by atoms with Crippen LogP contribution in [-0.2, 0) is 4.79 Å². The SMILES string of the molecule is Cc1ccc([N+](=O)[O-])c(OCC(=O)N2CCC(C)CC2)c1. The zero-order valence-corrected chi connectivity index (χ0v) is 12.4. The fourth-order valence-electron chi connectivity index (χ4n) is 2.38. The summed E-state index contributed by atoms with van der Waals surface area (Å²) in [7, 11) is 0. The molecule has 0 N–H and O–H groups in total. The first-order chi connectivity index (χ1) is 9.97. The number of nitrogens with zero attached hydrogens (tertiary/aromatic N) is 2. The Morgan fingerprint density at radius 3 is 2.71 bits per heavy atom. The summed E-state index contributed by atoms with van der Waals surface area (Å²) in [6.45, 7) is 5.32. The average Bonchev–Trinajstić information content (AvgIpc) is 2.45. The molecule has 0 radical (unpaired) electrons. The van der Waals surface area contributed by atoms with Gasteiger partial charge in [-0.05, 0) is 37.3 Å². The van der Waals surface area contributed by atoms with Crippen LogP contribution < -0.4 is 4.74 Å². The molecule has 0 bridgehead atoms. The van der Waals surface area contributed by atoms with E-state index in [2.05, 4.69) is 6.92 Å². The van der Waals surface area contributed by atoms with Crippen molar-refractivity contribution in [3.05, 3.63) is 33.9 Å². The highest BCUT2D eigenvalue weighted by Gasteiger charge is 2.22. The molecule has 1 aromatic carbocycles. The standard InChI is InChI=1S/C15H20N2O4/c1-11-5-7-16(8-6-11)15(18)10-21-14-9-12(2)3-4-13(14)17(19)20/h3-4,9,11H,5-8,10H2,1-2H3. The maximum absolute atomic E-state index is 12.1. The van der Waals surface area contributed by atoms with Gasteiger partial charge in [-0.2, -0.15) is 0 Å². The van der Waals surface area contributed by atoms with Gasteiger partial charge in [0.15, 0.2) is 12.4 Å². The van der Waals surface area contributed by atoms with Gasteiger partial charge in [0.05, 0.1) is 4.92 Å². The van der Waals surface area contributed by atoms with Gasteiger partial charge in [0, 0.05) is 19.2 Å². The quantitative estimate of drug-likeness (QED) is 0.631. The summed E-state index contributed by atoms with van der Waals surface area (Å²) < 4.78 is 5.39. The van der Waals surface area contributed by atoms with Gasteiger partial charge in [-0.25, -0.2) is 0 Å². The molecule has 1 saturated heterocycles. The Kier molecular flexibility index (Phi) is 4.77. The highest BCUT2D eigenvalue weighted by Crippen LogP contribution is 2.27. The number of carbonyl (C=O) groups excluding carboxylic acids is 1. The number of amides is 1. The van der Waals surface area contributed by atoms with Crippen molar-refractivity contribution < 1.29 is 14.5 Å². The summed E-state index contributed by atoms with van der Waals surface area (Å²) in [5, 5.41) is 10.9. The monoisotopic (exact) mass is 292 g/mol. The lowest BCUT2D eigenvalue weighted by Gasteiger charge is -2.30. The maximum atomic E-state index is 12.1. The molecule has 1 aromatic rings. The van der Waals surface area contributed by atoms with Crippen LogP contribution in [0.5, 0.6) is 5.75 Å². The van der Waals surface area contributed by atoms with E-state index in [1.165, 1.54) is 6.07 Å². The summed E-state index contributed by atoms with van der Waals surface area (Å²) in [6, 6.07) is 4.64. The molecule has 1 heterocycles. The van der Waals surface area contributed by atoms with Crippen molar-refractivity contribution in [3.63, 3.8) is 0 Å².